The number of nitrogens with one attached hydrogen (secondary N) is 1. The summed E-state index contributed by atoms with van der Waals surface area (Å²) in [7, 11) is 0. The van der Waals surface area contributed by atoms with E-state index < -0.39 is 0 Å². The number of aromatic nitrogens is 3. The molecule has 0 saturated carbocycles. The van der Waals surface area contributed by atoms with Crippen molar-refractivity contribution in [2.45, 2.75) is 32.9 Å². The molecular formula is C13H16N4. The van der Waals surface area contributed by atoms with Gasteiger partial charge in [0, 0.05) is 18.0 Å². The van der Waals surface area contributed by atoms with Gasteiger partial charge in [0.25, 0.3) is 0 Å². The summed E-state index contributed by atoms with van der Waals surface area (Å²) in [5.74, 6) is 1.49. The Morgan fingerprint density at radius 2 is 2.29 bits per heavy atom. The fraction of sp³-hybridized carbons (Fsp3) is 0.385. The van der Waals surface area contributed by atoms with Crippen LogP contribution in [0.5, 0.6) is 0 Å². The van der Waals surface area contributed by atoms with Gasteiger partial charge in [-0.3, -0.25) is 4.68 Å². The van der Waals surface area contributed by atoms with Crippen molar-refractivity contribution in [3.63, 3.8) is 0 Å². The average Bonchev–Trinajstić information content (AvgIpc) is 2.68. The molecule has 1 aliphatic heterocycles. The molecule has 4 nitrogen and oxygen atoms in total. The summed E-state index contributed by atoms with van der Waals surface area (Å²) in [5, 5.41) is 7.70. The van der Waals surface area contributed by atoms with Crippen LogP contribution in [0, 0.1) is 0 Å². The maximum atomic E-state index is 4.51. The number of pyridine rings is 1. The first-order chi connectivity index (χ1) is 8.24. The highest BCUT2D eigenvalue weighted by Crippen LogP contribution is 2.23. The molecular weight excluding hydrogens is 212 g/mol. The van der Waals surface area contributed by atoms with Crippen molar-refractivity contribution in [1.29, 1.82) is 0 Å². The summed E-state index contributed by atoms with van der Waals surface area (Å²) >= 11 is 0. The van der Waals surface area contributed by atoms with Crippen molar-refractivity contribution < 1.29 is 0 Å². The van der Waals surface area contributed by atoms with Gasteiger partial charge in [0.15, 0.2) is 0 Å². The SMILES string of the molecule is CC(C)c1cnc2c(c1)Cn1nccc1CN2. The number of hydrogen-bond acceptors (Lipinski definition) is 3. The predicted octanol–water partition coefficient (Wildman–Crippen LogP) is 2.38. The lowest BCUT2D eigenvalue weighted by atomic mass is 10.0. The van der Waals surface area contributed by atoms with Gasteiger partial charge in [0.1, 0.15) is 5.82 Å². The Morgan fingerprint density at radius 3 is 3.12 bits per heavy atom. The lowest BCUT2D eigenvalue weighted by molar-refractivity contribution is 0.661. The van der Waals surface area contributed by atoms with Crippen molar-refractivity contribution in [3.8, 4) is 0 Å². The van der Waals surface area contributed by atoms with E-state index in [1.807, 2.05) is 23.1 Å². The molecule has 0 aliphatic carbocycles. The van der Waals surface area contributed by atoms with Gasteiger partial charge in [-0.25, -0.2) is 4.98 Å². The molecule has 4 heteroatoms. The fourth-order valence-electron chi connectivity index (χ4n) is 2.11. The first kappa shape index (κ1) is 10.3. The smallest absolute Gasteiger partial charge is 0.131 e. The highest BCUT2D eigenvalue weighted by molar-refractivity contribution is 5.47. The minimum Gasteiger partial charge on any atom is -0.364 e. The van der Waals surface area contributed by atoms with Crippen molar-refractivity contribution in [2.75, 3.05) is 5.32 Å². The van der Waals surface area contributed by atoms with Crippen LogP contribution in [-0.2, 0) is 13.1 Å². The lowest BCUT2D eigenvalue weighted by Gasteiger charge is -2.10. The zero-order chi connectivity index (χ0) is 11.8. The van der Waals surface area contributed by atoms with Crippen molar-refractivity contribution in [3.05, 3.63) is 41.3 Å². The monoisotopic (exact) mass is 228 g/mol. The van der Waals surface area contributed by atoms with Gasteiger partial charge in [0.2, 0.25) is 0 Å². The topological polar surface area (TPSA) is 42.7 Å². The molecule has 17 heavy (non-hydrogen) atoms. The molecule has 3 heterocycles. The van der Waals surface area contributed by atoms with Gasteiger partial charge in [-0.2, -0.15) is 5.10 Å². The Hall–Kier alpha value is -1.84. The van der Waals surface area contributed by atoms with Crippen LogP contribution in [0.3, 0.4) is 0 Å². The molecule has 2 aromatic heterocycles. The van der Waals surface area contributed by atoms with Crippen LogP contribution in [0.15, 0.2) is 24.5 Å². The molecule has 0 spiro atoms. The van der Waals surface area contributed by atoms with E-state index in [9.17, 15) is 0 Å². The largest absolute Gasteiger partial charge is 0.364 e. The van der Waals surface area contributed by atoms with Crippen molar-refractivity contribution in [1.82, 2.24) is 14.8 Å². The molecule has 3 rings (SSSR count). The Balaban J connectivity index is 2.03. The average molecular weight is 228 g/mol. The second-order valence-corrected chi connectivity index (χ2v) is 4.76. The van der Waals surface area contributed by atoms with Crippen LogP contribution >= 0.6 is 0 Å². The Bertz CT molecular complexity index is 542. The molecule has 0 saturated heterocycles. The summed E-state index contributed by atoms with van der Waals surface area (Å²) < 4.78 is 2.03. The van der Waals surface area contributed by atoms with Gasteiger partial charge in [0.05, 0.1) is 18.8 Å². The fourth-order valence-corrected chi connectivity index (χ4v) is 2.11. The van der Waals surface area contributed by atoms with Gasteiger partial charge in [-0.05, 0) is 23.6 Å². The van der Waals surface area contributed by atoms with E-state index in [-0.39, 0.29) is 0 Å². The van der Waals surface area contributed by atoms with Crippen LogP contribution in [0.25, 0.3) is 0 Å². The minimum absolute atomic E-state index is 0.508. The third kappa shape index (κ3) is 1.79. The maximum absolute atomic E-state index is 4.51. The quantitative estimate of drug-likeness (QED) is 0.815. The summed E-state index contributed by atoms with van der Waals surface area (Å²) in [6.07, 6.45) is 3.81. The molecule has 88 valence electrons. The van der Waals surface area contributed by atoms with E-state index in [1.54, 1.807) is 0 Å². The van der Waals surface area contributed by atoms with Crippen LogP contribution in [0.4, 0.5) is 5.82 Å². The highest BCUT2D eigenvalue weighted by atomic mass is 15.3. The summed E-state index contributed by atoms with van der Waals surface area (Å²) in [4.78, 5) is 4.51. The zero-order valence-electron chi connectivity index (χ0n) is 10.1. The highest BCUT2D eigenvalue weighted by Gasteiger charge is 2.14. The van der Waals surface area contributed by atoms with Crippen molar-refractivity contribution >= 4 is 5.82 Å². The molecule has 1 N–H and O–H groups in total. The Kier molecular flexibility index (Phi) is 2.35. The summed E-state index contributed by atoms with van der Waals surface area (Å²) in [5.41, 5.74) is 3.70. The van der Waals surface area contributed by atoms with Gasteiger partial charge < -0.3 is 5.32 Å². The van der Waals surface area contributed by atoms with E-state index in [0.717, 1.165) is 18.9 Å². The zero-order valence-corrected chi connectivity index (χ0v) is 10.1. The second-order valence-electron chi connectivity index (χ2n) is 4.76. The van der Waals surface area contributed by atoms with Crippen LogP contribution < -0.4 is 5.32 Å². The normalized spacial score (nSPS) is 13.8. The van der Waals surface area contributed by atoms with Gasteiger partial charge in [-0.1, -0.05) is 13.8 Å². The van der Waals surface area contributed by atoms with E-state index >= 15 is 0 Å². The molecule has 1 aliphatic rings. The molecule has 0 atom stereocenters. The number of nitrogens with zero attached hydrogens (tertiary/aromatic N) is 3. The summed E-state index contributed by atoms with van der Waals surface area (Å²) in [6.45, 7) is 5.97. The van der Waals surface area contributed by atoms with Crippen molar-refractivity contribution in [2.24, 2.45) is 0 Å². The molecule has 0 unspecified atom stereocenters. The second kappa shape index (κ2) is 3.87. The van der Waals surface area contributed by atoms with Gasteiger partial charge >= 0.3 is 0 Å². The first-order valence-corrected chi connectivity index (χ1v) is 5.97. The molecule has 2 aromatic rings. The van der Waals surface area contributed by atoms with Crippen LogP contribution in [0.1, 0.15) is 36.6 Å². The molecule has 0 bridgehead atoms. The number of hydrogen-bond donors (Lipinski definition) is 1. The third-order valence-electron chi connectivity index (χ3n) is 3.22. The van der Waals surface area contributed by atoms with E-state index in [4.69, 9.17) is 0 Å². The van der Waals surface area contributed by atoms with Crippen LogP contribution in [-0.4, -0.2) is 14.8 Å². The Morgan fingerprint density at radius 1 is 1.41 bits per heavy atom. The minimum atomic E-state index is 0.508. The van der Waals surface area contributed by atoms with E-state index in [2.05, 4.69) is 35.3 Å². The lowest BCUT2D eigenvalue weighted by Crippen LogP contribution is -2.04. The predicted molar refractivity (Wildman–Crippen MR) is 67.0 cm³/mol. The molecule has 0 amide bonds. The third-order valence-corrected chi connectivity index (χ3v) is 3.22. The summed E-state index contributed by atoms with van der Waals surface area (Å²) in [6, 6.07) is 4.28. The van der Waals surface area contributed by atoms with Crippen LogP contribution in [0.2, 0.25) is 0 Å². The number of anilines is 1. The van der Waals surface area contributed by atoms with E-state index in [1.165, 1.54) is 16.8 Å². The molecule has 0 fully saturated rings. The maximum Gasteiger partial charge on any atom is 0.131 e. The first-order valence-electron chi connectivity index (χ1n) is 5.97. The standard InChI is InChI=1S/C13H16N4/c1-9(2)10-5-11-8-17-12(3-4-16-17)7-15-13(11)14-6-10/h3-6,9H,7-8H2,1-2H3,(H,14,15). The molecule has 0 aromatic carbocycles. The Labute approximate surface area is 101 Å². The number of fused-ring (bicyclic) bond motifs is 2. The molecule has 0 radical (unpaired) electrons. The van der Waals surface area contributed by atoms with E-state index in [0.29, 0.717) is 5.92 Å². The number of rotatable bonds is 1. The van der Waals surface area contributed by atoms with Gasteiger partial charge in [-0.15, -0.1) is 0 Å².